The predicted molar refractivity (Wildman–Crippen MR) is 111 cm³/mol. The van der Waals surface area contributed by atoms with Gasteiger partial charge in [0.2, 0.25) is 5.91 Å². The van der Waals surface area contributed by atoms with Crippen molar-refractivity contribution in [3.8, 4) is 0 Å². The molecule has 8 heteroatoms. The first-order valence-electron chi connectivity index (χ1n) is 9.32. The number of hydrogen-bond acceptors (Lipinski definition) is 6. The molecule has 0 aromatic carbocycles. The average molecular weight is 404 g/mol. The number of carbonyl (C=O) groups excluding carboxylic acids is 1. The summed E-state index contributed by atoms with van der Waals surface area (Å²) in [5, 5.41) is 13.7. The van der Waals surface area contributed by atoms with E-state index in [0.29, 0.717) is 5.75 Å². The van der Waals surface area contributed by atoms with Crippen molar-refractivity contribution in [1.82, 2.24) is 24.9 Å². The van der Waals surface area contributed by atoms with E-state index >= 15 is 0 Å². The Bertz CT molecular complexity index is 1030. The molecular formula is C19H25N5OS2. The maximum Gasteiger partial charge on any atom is 0.230 e. The monoisotopic (exact) mass is 403 g/mol. The Balaban J connectivity index is 1.70. The zero-order chi connectivity index (χ0) is 19.3. The topological polar surface area (TPSA) is 72.2 Å². The maximum atomic E-state index is 12.2. The summed E-state index contributed by atoms with van der Waals surface area (Å²) in [4.78, 5) is 19.5. The second-order valence-electron chi connectivity index (χ2n) is 8.42. The molecule has 27 heavy (non-hydrogen) atoms. The lowest BCUT2D eigenvalue weighted by atomic mass is 9.89. The van der Waals surface area contributed by atoms with Crippen LogP contribution in [0.5, 0.6) is 0 Å². The Labute approximate surface area is 167 Å². The van der Waals surface area contributed by atoms with Crippen LogP contribution in [0.1, 0.15) is 50.4 Å². The van der Waals surface area contributed by atoms with E-state index in [1.807, 2.05) is 32.1 Å². The van der Waals surface area contributed by atoms with Crippen LogP contribution < -0.4 is 5.32 Å². The molecule has 0 spiro atoms. The van der Waals surface area contributed by atoms with Crippen molar-refractivity contribution in [2.24, 2.45) is 5.92 Å². The van der Waals surface area contributed by atoms with Crippen LogP contribution in [0, 0.1) is 12.8 Å². The summed E-state index contributed by atoms with van der Waals surface area (Å²) in [5.41, 5.74) is 2.05. The van der Waals surface area contributed by atoms with Crippen LogP contribution in [-0.4, -0.2) is 36.8 Å². The normalized spacial score (nSPS) is 17.4. The molecule has 1 aliphatic carbocycles. The molecule has 3 heterocycles. The van der Waals surface area contributed by atoms with Crippen LogP contribution in [0.15, 0.2) is 5.16 Å². The molecule has 0 bridgehead atoms. The number of aromatic nitrogens is 4. The molecule has 0 saturated heterocycles. The maximum absolute atomic E-state index is 12.2. The fourth-order valence-corrected chi connectivity index (χ4v) is 5.85. The summed E-state index contributed by atoms with van der Waals surface area (Å²) in [6, 6.07) is 0. The van der Waals surface area contributed by atoms with Crippen molar-refractivity contribution in [3.05, 3.63) is 16.3 Å². The minimum Gasteiger partial charge on any atom is -0.351 e. The van der Waals surface area contributed by atoms with Crippen molar-refractivity contribution in [2.75, 3.05) is 5.75 Å². The van der Waals surface area contributed by atoms with E-state index in [0.717, 1.165) is 45.6 Å². The summed E-state index contributed by atoms with van der Waals surface area (Å²) in [6.45, 7) is 10.2. The van der Waals surface area contributed by atoms with E-state index in [9.17, 15) is 4.79 Å². The first-order chi connectivity index (χ1) is 12.7. The number of fused-ring (bicyclic) bond motifs is 5. The Morgan fingerprint density at radius 3 is 2.89 bits per heavy atom. The molecule has 3 aromatic heterocycles. The number of hydrogen-bond donors (Lipinski definition) is 1. The fraction of sp³-hybridized carbons (Fsp3) is 0.579. The molecule has 4 rings (SSSR count). The van der Waals surface area contributed by atoms with Gasteiger partial charge < -0.3 is 5.32 Å². The van der Waals surface area contributed by atoms with Crippen molar-refractivity contribution >= 4 is 44.9 Å². The number of carbonyl (C=O) groups is 1. The van der Waals surface area contributed by atoms with Gasteiger partial charge in [0, 0.05) is 10.4 Å². The van der Waals surface area contributed by atoms with Gasteiger partial charge in [-0.1, -0.05) is 18.7 Å². The molecule has 1 amide bonds. The summed E-state index contributed by atoms with van der Waals surface area (Å²) in [7, 11) is 0. The van der Waals surface area contributed by atoms with Gasteiger partial charge >= 0.3 is 0 Å². The van der Waals surface area contributed by atoms with E-state index in [4.69, 9.17) is 4.98 Å². The van der Waals surface area contributed by atoms with E-state index in [1.54, 1.807) is 11.3 Å². The third-order valence-corrected chi connectivity index (χ3v) is 6.86. The van der Waals surface area contributed by atoms with E-state index in [2.05, 4.69) is 22.4 Å². The highest BCUT2D eigenvalue weighted by Crippen LogP contribution is 2.39. The van der Waals surface area contributed by atoms with Crippen LogP contribution >= 0.6 is 23.1 Å². The molecule has 3 aromatic rings. The summed E-state index contributed by atoms with van der Waals surface area (Å²) in [6.07, 6.45) is 3.42. The molecular weight excluding hydrogens is 378 g/mol. The van der Waals surface area contributed by atoms with Crippen LogP contribution in [0.3, 0.4) is 0 Å². The fourth-order valence-electron chi connectivity index (χ4n) is 3.64. The number of nitrogens with zero attached hydrogens (tertiary/aromatic N) is 4. The van der Waals surface area contributed by atoms with E-state index in [1.165, 1.54) is 28.6 Å². The second-order valence-corrected chi connectivity index (χ2v) is 10.4. The van der Waals surface area contributed by atoms with Crippen LogP contribution in [0.2, 0.25) is 0 Å². The highest BCUT2D eigenvalue weighted by Gasteiger charge is 2.25. The van der Waals surface area contributed by atoms with Crippen LogP contribution in [-0.2, 0) is 17.6 Å². The lowest BCUT2D eigenvalue weighted by Crippen LogP contribution is -2.41. The minimum atomic E-state index is -0.235. The number of thiophene rings is 1. The number of thioether (sulfide) groups is 1. The summed E-state index contributed by atoms with van der Waals surface area (Å²) < 4.78 is 2.00. The highest BCUT2D eigenvalue weighted by atomic mass is 32.2. The SMILES string of the molecule is Cc1nc2sc3c(c2c2nnc(SCC(=O)NC(C)(C)C)n12)CC[C@H](C)C3. The first-order valence-corrected chi connectivity index (χ1v) is 11.1. The number of rotatable bonds is 3. The lowest BCUT2D eigenvalue weighted by Gasteiger charge is -2.20. The summed E-state index contributed by atoms with van der Waals surface area (Å²) in [5.74, 6) is 1.91. The van der Waals surface area contributed by atoms with Crippen LogP contribution in [0.25, 0.3) is 15.9 Å². The molecule has 0 fully saturated rings. The van der Waals surface area contributed by atoms with Crippen molar-refractivity contribution < 1.29 is 4.79 Å². The molecule has 144 valence electrons. The van der Waals surface area contributed by atoms with Gasteiger partial charge in [0.05, 0.1) is 11.1 Å². The van der Waals surface area contributed by atoms with Gasteiger partial charge in [0.1, 0.15) is 10.7 Å². The standard InChI is InChI=1S/C19H25N5OS2/c1-10-6-7-12-13(8-10)27-17-15(12)16-22-23-18(24(16)11(2)20-17)26-9-14(25)21-19(3,4)5/h10H,6-9H2,1-5H3,(H,21,25)/t10-/m0/s1. The summed E-state index contributed by atoms with van der Waals surface area (Å²) >= 11 is 3.21. The van der Waals surface area contributed by atoms with Gasteiger partial charge in [0.15, 0.2) is 10.8 Å². The average Bonchev–Trinajstić information content (AvgIpc) is 3.11. The smallest absolute Gasteiger partial charge is 0.230 e. The molecule has 1 aliphatic rings. The van der Waals surface area contributed by atoms with Gasteiger partial charge in [-0.3, -0.25) is 9.20 Å². The highest BCUT2D eigenvalue weighted by molar-refractivity contribution is 7.99. The zero-order valence-corrected chi connectivity index (χ0v) is 18.1. The van der Waals surface area contributed by atoms with E-state index in [-0.39, 0.29) is 11.4 Å². The molecule has 0 unspecified atom stereocenters. The van der Waals surface area contributed by atoms with Gasteiger partial charge in [-0.2, -0.15) is 0 Å². The van der Waals surface area contributed by atoms with Gasteiger partial charge in [-0.15, -0.1) is 21.5 Å². The van der Waals surface area contributed by atoms with Crippen LogP contribution in [0.4, 0.5) is 0 Å². The molecule has 0 saturated carbocycles. The minimum absolute atomic E-state index is 0.00200. The van der Waals surface area contributed by atoms with Crippen molar-refractivity contribution in [1.29, 1.82) is 0 Å². The lowest BCUT2D eigenvalue weighted by molar-refractivity contribution is -0.119. The van der Waals surface area contributed by atoms with Crippen molar-refractivity contribution in [3.63, 3.8) is 0 Å². The zero-order valence-electron chi connectivity index (χ0n) is 16.4. The molecule has 6 nitrogen and oxygen atoms in total. The van der Waals surface area contributed by atoms with Gasteiger partial charge in [-0.05, 0) is 58.4 Å². The second kappa shape index (κ2) is 6.74. The first kappa shape index (κ1) is 18.7. The Morgan fingerprint density at radius 1 is 1.37 bits per heavy atom. The number of nitrogens with one attached hydrogen (secondary N) is 1. The Kier molecular flexibility index (Phi) is 4.66. The quantitative estimate of drug-likeness (QED) is 0.674. The van der Waals surface area contributed by atoms with Gasteiger partial charge in [0.25, 0.3) is 0 Å². The van der Waals surface area contributed by atoms with E-state index < -0.39 is 0 Å². The molecule has 1 N–H and O–H groups in total. The number of aryl methyl sites for hydroxylation is 2. The third kappa shape index (κ3) is 3.57. The Morgan fingerprint density at radius 2 is 2.15 bits per heavy atom. The third-order valence-electron chi connectivity index (χ3n) is 4.78. The molecule has 0 aliphatic heterocycles. The Hall–Kier alpha value is -1.67. The number of amides is 1. The largest absolute Gasteiger partial charge is 0.351 e. The van der Waals surface area contributed by atoms with Crippen molar-refractivity contribution in [2.45, 2.75) is 64.6 Å². The van der Waals surface area contributed by atoms with Gasteiger partial charge in [-0.25, -0.2) is 4.98 Å². The molecule has 1 atom stereocenters. The molecule has 0 radical (unpaired) electrons. The predicted octanol–water partition coefficient (Wildman–Crippen LogP) is 3.78.